The lowest BCUT2D eigenvalue weighted by Gasteiger charge is -2.12. The number of hydrogen-bond acceptors (Lipinski definition) is 3. The summed E-state index contributed by atoms with van der Waals surface area (Å²) >= 11 is 0. The van der Waals surface area contributed by atoms with Gasteiger partial charge in [0.05, 0.1) is 13.3 Å². The van der Waals surface area contributed by atoms with Crippen molar-refractivity contribution in [2.75, 3.05) is 17.7 Å². The molecule has 2 rings (SSSR count). The van der Waals surface area contributed by atoms with Gasteiger partial charge in [-0.2, -0.15) is 5.10 Å². The number of aryl methyl sites for hydroxylation is 2. The minimum absolute atomic E-state index is 0.335. The van der Waals surface area contributed by atoms with E-state index in [0.29, 0.717) is 11.5 Å². The normalized spacial score (nSPS) is 10.1. The van der Waals surface area contributed by atoms with Crippen molar-refractivity contribution in [3.63, 3.8) is 0 Å². The fraction of sp³-hybridized carbons (Fsp3) is 0.231. The van der Waals surface area contributed by atoms with Gasteiger partial charge in [0.1, 0.15) is 11.6 Å². The molecule has 2 amide bonds. The number of nitrogens with one attached hydrogen (secondary N) is 3. The van der Waals surface area contributed by atoms with Crippen LogP contribution in [-0.4, -0.2) is 23.3 Å². The van der Waals surface area contributed by atoms with Crippen LogP contribution in [0, 0.1) is 13.8 Å². The van der Waals surface area contributed by atoms with Gasteiger partial charge in [0.2, 0.25) is 0 Å². The zero-order valence-corrected chi connectivity index (χ0v) is 11.1. The maximum Gasteiger partial charge on any atom is 0.324 e. The molecular weight excluding hydrogens is 244 g/mol. The van der Waals surface area contributed by atoms with Crippen LogP contribution in [-0.2, 0) is 0 Å². The third-order valence-corrected chi connectivity index (χ3v) is 2.74. The lowest BCUT2D eigenvalue weighted by molar-refractivity contribution is 0.262. The number of nitrogens with zero attached hydrogens (tertiary/aromatic N) is 1. The Hall–Kier alpha value is -2.50. The zero-order valence-electron chi connectivity index (χ0n) is 11.1. The van der Waals surface area contributed by atoms with Crippen LogP contribution in [0.2, 0.25) is 0 Å². The van der Waals surface area contributed by atoms with Gasteiger partial charge in [0.15, 0.2) is 0 Å². The minimum atomic E-state index is -0.335. The summed E-state index contributed by atoms with van der Waals surface area (Å²) < 4.78 is 5.24. The highest BCUT2D eigenvalue weighted by molar-refractivity contribution is 5.99. The maximum absolute atomic E-state index is 11.8. The van der Waals surface area contributed by atoms with Crippen LogP contribution in [0.3, 0.4) is 0 Å². The highest BCUT2D eigenvalue weighted by Crippen LogP contribution is 2.26. The van der Waals surface area contributed by atoms with Crippen LogP contribution in [0.15, 0.2) is 24.4 Å². The number of carbonyl (C=O) groups is 1. The molecule has 0 bridgehead atoms. The number of amides is 2. The van der Waals surface area contributed by atoms with Crippen molar-refractivity contribution in [3.8, 4) is 5.75 Å². The van der Waals surface area contributed by atoms with Crippen molar-refractivity contribution in [2.45, 2.75) is 13.8 Å². The number of benzene rings is 1. The van der Waals surface area contributed by atoms with Gasteiger partial charge in [-0.05, 0) is 25.0 Å². The van der Waals surface area contributed by atoms with E-state index in [1.54, 1.807) is 25.4 Å². The number of aromatic amines is 1. The molecular formula is C13H16N4O2. The van der Waals surface area contributed by atoms with E-state index >= 15 is 0 Å². The number of anilines is 2. The number of aromatic nitrogens is 2. The van der Waals surface area contributed by atoms with E-state index in [9.17, 15) is 4.79 Å². The van der Waals surface area contributed by atoms with Gasteiger partial charge in [-0.25, -0.2) is 4.79 Å². The lowest BCUT2D eigenvalue weighted by Crippen LogP contribution is -2.20. The SMILES string of the molecule is COc1cc(NC(=O)Nc2ccn[nH]2)c(C)cc1C. The summed E-state index contributed by atoms with van der Waals surface area (Å²) in [6.07, 6.45) is 1.57. The summed E-state index contributed by atoms with van der Waals surface area (Å²) in [6.45, 7) is 3.89. The Morgan fingerprint density at radius 2 is 2.05 bits per heavy atom. The van der Waals surface area contributed by atoms with E-state index in [1.165, 1.54) is 0 Å². The Morgan fingerprint density at radius 1 is 1.26 bits per heavy atom. The molecule has 0 spiro atoms. The van der Waals surface area contributed by atoms with Gasteiger partial charge < -0.3 is 10.1 Å². The molecule has 6 nitrogen and oxygen atoms in total. The molecule has 0 aliphatic heterocycles. The van der Waals surface area contributed by atoms with Crippen LogP contribution in [0.1, 0.15) is 11.1 Å². The summed E-state index contributed by atoms with van der Waals surface area (Å²) in [6, 6.07) is 5.10. The summed E-state index contributed by atoms with van der Waals surface area (Å²) in [4.78, 5) is 11.8. The predicted molar refractivity (Wildman–Crippen MR) is 73.7 cm³/mol. The Bertz CT molecular complexity index is 579. The highest BCUT2D eigenvalue weighted by Gasteiger charge is 2.08. The number of ether oxygens (including phenoxy) is 1. The standard InChI is InChI=1S/C13H16N4O2/c1-8-6-9(2)11(19-3)7-10(8)15-13(18)16-12-4-5-14-17-12/h4-7H,1-3H3,(H3,14,15,16,17,18). The first kappa shape index (κ1) is 12.9. The Labute approximate surface area is 111 Å². The van der Waals surface area contributed by atoms with Crippen LogP contribution in [0.25, 0.3) is 0 Å². The van der Waals surface area contributed by atoms with E-state index < -0.39 is 0 Å². The third kappa shape index (κ3) is 3.04. The summed E-state index contributed by atoms with van der Waals surface area (Å²) in [5.41, 5.74) is 2.71. The molecule has 0 saturated heterocycles. The molecule has 0 radical (unpaired) electrons. The van der Waals surface area contributed by atoms with Gasteiger partial charge in [-0.3, -0.25) is 10.4 Å². The number of urea groups is 1. The Kier molecular flexibility index (Phi) is 3.70. The van der Waals surface area contributed by atoms with Crippen LogP contribution in [0.5, 0.6) is 5.75 Å². The van der Waals surface area contributed by atoms with Crippen LogP contribution >= 0.6 is 0 Å². The second-order valence-corrected chi connectivity index (χ2v) is 4.19. The van der Waals surface area contributed by atoms with Crippen molar-refractivity contribution >= 4 is 17.5 Å². The molecule has 2 aromatic rings. The largest absolute Gasteiger partial charge is 0.496 e. The van der Waals surface area contributed by atoms with Crippen molar-refractivity contribution in [3.05, 3.63) is 35.5 Å². The fourth-order valence-electron chi connectivity index (χ4n) is 1.79. The molecule has 3 N–H and O–H groups in total. The van der Waals surface area contributed by atoms with E-state index in [-0.39, 0.29) is 6.03 Å². The summed E-state index contributed by atoms with van der Waals surface area (Å²) in [5, 5.41) is 11.8. The van der Waals surface area contributed by atoms with E-state index in [1.807, 2.05) is 19.9 Å². The molecule has 0 saturated carbocycles. The molecule has 0 aliphatic carbocycles. The molecule has 0 unspecified atom stereocenters. The highest BCUT2D eigenvalue weighted by atomic mass is 16.5. The number of hydrogen-bond donors (Lipinski definition) is 3. The smallest absolute Gasteiger partial charge is 0.324 e. The fourth-order valence-corrected chi connectivity index (χ4v) is 1.79. The molecule has 6 heteroatoms. The lowest BCUT2D eigenvalue weighted by atomic mass is 10.1. The van der Waals surface area contributed by atoms with Crippen LogP contribution < -0.4 is 15.4 Å². The Balaban J connectivity index is 2.12. The maximum atomic E-state index is 11.8. The molecule has 1 heterocycles. The molecule has 100 valence electrons. The number of H-pyrrole nitrogens is 1. The van der Waals surface area contributed by atoms with Gasteiger partial charge in [0.25, 0.3) is 0 Å². The molecule has 0 atom stereocenters. The molecule has 1 aromatic carbocycles. The molecule has 0 fully saturated rings. The second kappa shape index (κ2) is 5.43. The van der Waals surface area contributed by atoms with Gasteiger partial charge >= 0.3 is 6.03 Å². The molecule has 19 heavy (non-hydrogen) atoms. The van der Waals surface area contributed by atoms with Crippen molar-refractivity contribution < 1.29 is 9.53 Å². The third-order valence-electron chi connectivity index (χ3n) is 2.74. The minimum Gasteiger partial charge on any atom is -0.496 e. The first-order chi connectivity index (χ1) is 9.10. The summed E-state index contributed by atoms with van der Waals surface area (Å²) in [7, 11) is 1.60. The average molecular weight is 260 g/mol. The molecule has 0 aliphatic rings. The second-order valence-electron chi connectivity index (χ2n) is 4.19. The number of rotatable bonds is 3. The molecule has 1 aromatic heterocycles. The first-order valence-corrected chi connectivity index (χ1v) is 5.83. The monoisotopic (exact) mass is 260 g/mol. The van der Waals surface area contributed by atoms with Gasteiger partial charge in [-0.1, -0.05) is 6.07 Å². The predicted octanol–water partition coefficient (Wildman–Crippen LogP) is 2.68. The van der Waals surface area contributed by atoms with Crippen molar-refractivity contribution in [1.82, 2.24) is 10.2 Å². The van der Waals surface area contributed by atoms with Crippen LogP contribution in [0.4, 0.5) is 16.3 Å². The number of carbonyl (C=O) groups excluding carboxylic acids is 1. The van der Waals surface area contributed by atoms with E-state index in [4.69, 9.17) is 4.74 Å². The van der Waals surface area contributed by atoms with Crippen molar-refractivity contribution in [2.24, 2.45) is 0 Å². The average Bonchev–Trinajstić information content (AvgIpc) is 2.85. The van der Waals surface area contributed by atoms with E-state index in [0.717, 1.165) is 16.9 Å². The first-order valence-electron chi connectivity index (χ1n) is 5.83. The Morgan fingerprint density at radius 3 is 2.68 bits per heavy atom. The summed E-state index contributed by atoms with van der Waals surface area (Å²) in [5.74, 6) is 1.27. The van der Waals surface area contributed by atoms with E-state index in [2.05, 4.69) is 20.8 Å². The topological polar surface area (TPSA) is 79.0 Å². The van der Waals surface area contributed by atoms with Crippen molar-refractivity contribution in [1.29, 1.82) is 0 Å². The number of methoxy groups -OCH3 is 1. The van der Waals surface area contributed by atoms with Gasteiger partial charge in [-0.15, -0.1) is 0 Å². The van der Waals surface area contributed by atoms with Gasteiger partial charge in [0, 0.05) is 17.8 Å². The quantitative estimate of drug-likeness (QED) is 0.793. The zero-order chi connectivity index (χ0) is 13.8.